The molecule has 0 atom stereocenters. The lowest BCUT2D eigenvalue weighted by molar-refractivity contribution is -0.117. The number of amides is 1. The number of carbonyl (C=O) groups excluding carboxylic acids is 2. The van der Waals surface area contributed by atoms with Gasteiger partial charge in [0.1, 0.15) is 0 Å². The lowest BCUT2D eigenvalue weighted by Gasteiger charge is -2.32. The Balaban J connectivity index is 2.98. The maximum Gasteiger partial charge on any atom is 0.340 e. The minimum Gasteiger partial charge on any atom is -0.462 e. The van der Waals surface area contributed by atoms with Gasteiger partial charge in [0.2, 0.25) is 15.9 Å². The molecule has 1 N–H and O–H groups in total. The van der Waals surface area contributed by atoms with E-state index in [1.165, 1.54) is 6.07 Å². The van der Waals surface area contributed by atoms with Crippen molar-refractivity contribution in [2.24, 2.45) is 0 Å². The third-order valence-corrected chi connectivity index (χ3v) is 4.61. The zero-order chi connectivity index (χ0) is 18.5. The number of hydrogen-bond acceptors (Lipinski definition) is 5. The number of anilines is 1. The summed E-state index contributed by atoms with van der Waals surface area (Å²) in [7, 11) is -3.56. The fraction of sp³-hybridized carbons (Fsp3) is 0.500. The molecule has 24 heavy (non-hydrogen) atoms. The van der Waals surface area contributed by atoms with Gasteiger partial charge in [0.05, 0.1) is 30.7 Å². The highest BCUT2D eigenvalue weighted by Crippen LogP contribution is 2.19. The predicted octanol–water partition coefficient (Wildman–Crippen LogP) is 1.86. The van der Waals surface area contributed by atoms with E-state index in [0.29, 0.717) is 0 Å². The number of nitrogens with one attached hydrogen (secondary N) is 1. The van der Waals surface area contributed by atoms with Crippen LogP contribution in [0.4, 0.5) is 5.69 Å². The van der Waals surface area contributed by atoms with Crippen LogP contribution in [0.15, 0.2) is 24.3 Å². The summed E-state index contributed by atoms with van der Waals surface area (Å²) < 4.78 is 29.8. The molecular formula is C16H24N2O5S. The molecule has 8 heteroatoms. The van der Waals surface area contributed by atoms with Gasteiger partial charge in [-0.15, -0.1) is 0 Å². The first kappa shape index (κ1) is 20.1. The number of hydrogen-bond donors (Lipinski definition) is 1. The second kappa shape index (κ2) is 7.76. The Labute approximate surface area is 143 Å². The van der Waals surface area contributed by atoms with Gasteiger partial charge < -0.3 is 10.1 Å². The molecule has 1 aromatic rings. The molecule has 0 radical (unpaired) electrons. The largest absolute Gasteiger partial charge is 0.462 e. The quantitative estimate of drug-likeness (QED) is 0.786. The zero-order valence-electron chi connectivity index (χ0n) is 14.6. The van der Waals surface area contributed by atoms with E-state index in [0.717, 1.165) is 10.6 Å². The molecule has 0 heterocycles. The van der Waals surface area contributed by atoms with Crippen LogP contribution in [-0.4, -0.2) is 49.5 Å². The van der Waals surface area contributed by atoms with E-state index in [1.54, 1.807) is 45.9 Å². The smallest absolute Gasteiger partial charge is 0.340 e. The molecule has 7 nitrogen and oxygen atoms in total. The number of carbonyl (C=O) groups is 2. The third kappa shape index (κ3) is 5.61. The third-order valence-electron chi connectivity index (χ3n) is 3.13. The first-order valence-electron chi connectivity index (χ1n) is 7.50. The number of nitrogens with zero attached hydrogens (tertiary/aromatic N) is 1. The molecule has 1 aromatic carbocycles. The van der Waals surface area contributed by atoms with Crippen LogP contribution < -0.4 is 5.32 Å². The highest BCUT2D eigenvalue weighted by atomic mass is 32.2. The van der Waals surface area contributed by atoms with Gasteiger partial charge >= 0.3 is 5.97 Å². The molecule has 0 spiro atoms. The molecule has 1 rings (SSSR count). The van der Waals surface area contributed by atoms with Crippen molar-refractivity contribution < 1.29 is 22.7 Å². The van der Waals surface area contributed by atoms with E-state index in [2.05, 4.69) is 5.32 Å². The van der Waals surface area contributed by atoms with Crippen LogP contribution in [0, 0.1) is 0 Å². The number of para-hydroxylation sites is 1. The average Bonchev–Trinajstić information content (AvgIpc) is 2.43. The maximum atomic E-state index is 12.3. The van der Waals surface area contributed by atoms with Crippen molar-refractivity contribution in [1.29, 1.82) is 0 Å². The van der Waals surface area contributed by atoms with Gasteiger partial charge in [-0.25, -0.2) is 13.2 Å². The van der Waals surface area contributed by atoms with E-state index in [9.17, 15) is 18.0 Å². The van der Waals surface area contributed by atoms with Crippen molar-refractivity contribution in [2.75, 3.05) is 24.7 Å². The summed E-state index contributed by atoms with van der Waals surface area (Å²) in [6, 6.07) is 6.41. The summed E-state index contributed by atoms with van der Waals surface area (Å²) in [5, 5.41) is 2.58. The van der Waals surface area contributed by atoms with Gasteiger partial charge in [-0.1, -0.05) is 12.1 Å². The second-order valence-corrected chi connectivity index (χ2v) is 8.16. The molecule has 0 unspecified atom stereocenters. The standard InChI is InChI=1S/C16H24N2O5S/c1-6-23-15(20)12-9-7-8-10-13(12)17-14(19)11-18(16(2,3)4)24(5,21)22/h7-10H,6,11H2,1-5H3,(H,17,19). The van der Waals surface area contributed by atoms with E-state index >= 15 is 0 Å². The van der Waals surface area contributed by atoms with Crippen LogP contribution >= 0.6 is 0 Å². The van der Waals surface area contributed by atoms with Gasteiger partial charge in [-0.3, -0.25) is 4.79 Å². The van der Waals surface area contributed by atoms with Gasteiger partial charge in [0, 0.05) is 5.54 Å². The lowest BCUT2D eigenvalue weighted by Crippen LogP contribution is -2.48. The number of esters is 1. The van der Waals surface area contributed by atoms with Crippen LogP contribution in [0.2, 0.25) is 0 Å². The minimum atomic E-state index is -3.56. The lowest BCUT2D eigenvalue weighted by atomic mass is 10.1. The van der Waals surface area contributed by atoms with Crippen molar-refractivity contribution in [1.82, 2.24) is 4.31 Å². The number of ether oxygens (including phenoxy) is 1. The van der Waals surface area contributed by atoms with E-state index in [1.807, 2.05) is 0 Å². The van der Waals surface area contributed by atoms with Gasteiger partial charge in [0.25, 0.3) is 0 Å². The van der Waals surface area contributed by atoms with Gasteiger partial charge in [-0.05, 0) is 39.8 Å². The Kier molecular flexibility index (Phi) is 6.50. The monoisotopic (exact) mass is 356 g/mol. The Morgan fingerprint density at radius 3 is 2.29 bits per heavy atom. The number of benzene rings is 1. The van der Waals surface area contributed by atoms with Gasteiger partial charge in [0.15, 0.2) is 0 Å². The van der Waals surface area contributed by atoms with Crippen molar-refractivity contribution in [3.63, 3.8) is 0 Å². The van der Waals surface area contributed by atoms with Crippen LogP contribution in [-0.2, 0) is 19.6 Å². The molecule has 0 aliphatic rings. The molecule has 0 bridgehead atoms. The Morgan fingerprint density at radius 2 is 1.79 bits per heavy atom. The first-order valence-corrected chi connectivity index (χ1v) is 9.35. The Morgan fingerprint density at radius 1 is 1.21 bits per heavy atom. The maximum absolute atomic E-state index is 12.3. The summed E-state index contributed by atoms with van der Waals surface area (Å²) in [4.78, 5) is 24.2. The average molecular weight is 356 g/mol. The predicted molar refractivity (Wildman–Crippen MR) is 92.3 cm³/mol. The van der Waals surface area contributed by atoms with Crippen LogP contribution in [0.25, 0.3) is 0 Å². The fourth-order valence-corrected chi connectivity index (χ4v) is 3.50. The molecule has 134 valence electrons. The highest BCUT2D eigenvalue weighted by molar-refractivity contribution is 7.88. The molecule has 0 saturated carbocycles. The summed E-state index contributed by atoms with van der Waals surface area (Å²) in [6.45, 7) is 6.66. The fourth-order valence-electron chi connectivity index (χ4n) is 2.15. The minimum absolute atomic E-state index is 0.215. The summed E-state index contributed by atoms with van der Waals surface area (Å²) >= 11 is 0. The highest BCUT2D eigenvalue weighted by Gasteiger charge is 2.31. The van der Waals surface area contributed by atoms with Crippen molar-refractivity contribution in [3.8, 4) is 0 Å². The van der Waals surface area contributed by atoms with E-state index < -0.39 is 27.4 Å². The van der Waals surface area contributed by atoms with Crippen LogP contribution in [0.5, 0.6) is 0 Å². The zero-order valence-corrected chi connectivity index (χ0v) is 15.4. The van der Waals surface area contributed by atoms with E-state index in [4.69, 9.17) is 4.74 Å². The summed E-state index contributed by atoms with van der Waals surface area (Å²) in [6.07, 6.45) is 1.05. The normalized spacial score (nSPS) is 12.1. The SMILES string of the molecule is CCOC(=O)c1ccccc1NC(=O)CN(C(C)(C)C)S(C)(=O)=O. The van der Waals surface area contributed by atoms with Crippen LogP contribution in [0.3, 0.4) is 0 Å². The van der Waals surface area contributed by atoms with E-state index in [-0.39, 0.29) is 24.4 Å². The van der Waals surface area contributed by atoms with Gasteiger partial charge in [-0.2, -0.15) is 4.31 Å². The molecule has 0 saturated heterocycles. The first-order chi connectivity index (χ1) is 11.0. The molecule has 0 aliphatic carbocycles. The number of rotatable bonds is 6. The van der Waals surface area contributed by atoms with Crippen molar-refractivity contribution >= 4 is 27.6 Å². The molecule has 0 fully saturated rings. The second-order valence-electron chi connectivity index (χ2n) is 6.25. The van der Waals surface area contributed by atoms with Crippen molar-refractivity contribution in [3.05, 3.63) is 29.8 Å². The molecule has 0 aromatic heterocycles. The van der Waals surface area contributed by atoms with Crippen molar-refractivity contribution in [2.45, 2.75) is 33.2 Å². The Hall–Kier alpha value is -1.93. The summed E-state index contributed by atoms with van der Waals surface area (Å²) in [5.74, 6) is -1.09. The molecule has 0 aliphatic heterocycles. The van der Waals surface area contributed by atoms with Crippen LogP contribution in [0.1, 0.15) is 38.1 Å². The summed E-state index contributed by atoms with van der Waals surface area (Å²) in [5.41, 5.74) is -0.247. The topological polar surface area (TPSA) is 92.8 Å². The molecule has 1 amide bonds. The molecular weight excluding hydrogens is 332 g/mol. The Bertz CT molecular complexity index is 707. The number of sulfonamides is 1.